The third-order valence-electron chi connectivity index (χ3n) is 3.69. The minimum atomic E-state index is -1.37. The molecule has 0 aromatic rings. The number of carbonyl (C=O) groups excluding carboxylic acids is 2. The number of hydrogen-bond acceptors (Lipinski definition) is 4. The summed E-state index contributed by atoms with van der Waals surface area (Å²) in [6.07, 6.45) is 8.48. The normalized spacial score (nSPS) is 32.3. The van der Waals surface area contributed by atoms with Gasteiger partial charge in [0.1, 0.15) is 6.10 Å². The largest absolute Gasteiger partial charge is 0.459 e. The van der Waals surface area contributed by atoms with Gasteiger partial charge in [0.15, 0.2) is 5.78 Å². The van der Waals surface area contributed by atoms with Crippen LogP contribution in [0.3, 0.4) is 0 Å². The number of allylic oxidation sites excluding steroid dienone is 3. The fraction of sp³-hybridized carbons (Fsp3) is 0.529. The van der Waals surface area contributed by atoms with Crippen molar-refractivity contribution in [3.8, 4) is 0 Å². The SMILES string of the molecule is CC1=CCC[C@H](C)[C@@H](C)OC(=O)C=C[C@](C)(O)C=CC1=O. The Balaban J connectivity index is 3.01. The molecule has 0 radical (unpaired) electrons. The van der Waals surface area contributed by atoms with Crippen LogP contribution in [0.4, 0.5) is 0 Å². The zero-order valence-corrected chi connectivity index (χ0v) is 13.1. The highest BCUT2D eigenvalue weighted by Gasteiger charge is 2.18. The number of ether oxygens (including phenoxy) is 1. The highest BCUT2D eigenvalue weighted by atomic mass is 16.5. The summed E-state index contributed by atoms with van der Waals surface area (Å²) in [6, 6.07) is 0. The van der Waals surface area contributed by atoms with Gasteiger partial charge in [-0.1, -0.05) is 13.0 Å². The Kier molecular flexibility index (Phi) is 6.09. The molecule has 116 valence electrons. The van der Waals surface area contributed by atoms with Gasteiger partial charge < -0.3 is 9.84 Å². The fourth-order valence-corrected chi connectivity index (χ4v) is 1.90. The summed E-state index contributed by atoms with van der Waals surface area (Å²) in [5, 5.41) is 10.1. The van der Waals surface area contributed by atoms with E-state index in [9.17, 15) is 14.7 Å². The van der Waals surface area contributed by atoms with Crippen LogP contribution >= 0.6 is 0 Å². The second-order valence-corrected chi connectivity index (χ2v) is 5.84. The molecule has 0 aromatic carbocycles. The summed E-state index contributed by atoms with van der Waals surface area (Å²) >= 11 is 0. The van der Waals surface area contributed by atoms with E-state index in [1.807, 2.05) is 19.9 Å². The first kappa shape index (κ1) is 17.4. The van der Waals surface area contributed by atoms with Gasteiger partial charge in [0, 0.05) is 6.08 Å². The third kappa shape index (κ3) is 6.08. The summed E-state index contributed by atoms with van der Waals surface area (Å²) in [5.41, 5.74) is -0.714. The van der Waals surface area contributed by atoms with Crippen LogP contribution in [0, 0.1) is 5.92 Å². The second kappa shape index (κ2) is 7.36. The maximum absolute atomic E-state index is 11.9. The molecular formula is C17H24O4. The Hall–Kier alpha value is -1.68. The van der Waals surface area contributed by atoms with E-state index < -0.39 is 11.6 Å². The lowest BCUT2D eigenvalue weighted by Gasteiger charge is -2.20. The molecule has 4 nitrogen and oxygen atoms in total. The van der Waals surface area contributed by atoms with Crippen molar-refractivity contribution in [1.29, 1.82) is 0 Å². The van der Waals surface area contributed by atoms with Crippen LogP contribution in [0.25, 0.3) is 0 Å². The molecule has 21 heavy (non-hydrogen) atoms. The van der Waals surface area contributed by atoms with Crippen LogP contribution in [0.15, 0.2) is 36.0 Å². The number of carbonyl (C=O) groups is 2. The summed E-state index contributed by atoms with van der Waals surface area (Å²) in [6.45, 7) is 7.12. The maximum atomic E-state index is 11.9. The fourth-order valence-electron chi connectivity index (χ4n) is 1.90. The van der Waals surface area contributed by atoms with E-state index in [1.165, 1.54) is 31.2 Å². The van der Waals surface area contributed by atoms with Crippen molar-refractivity contribution >= 4 is 11.8 Å². The van der Waals surface area contributed by atoms with Crippen LogP contribution in [0.1, 0.15) is 40.5 Å². The van der Waals surface area contributed by atoms with E-state index in [-0.39, 0.29) is 17.8 Å². The monoisotopic (exact) mass is 292 g/mol. The first-order valence-corrected chi connectivity index (χ1v) is 7.24. The average molecular weight is 292 g/mol. The van der Waals surface area contributed by atoms with E-state index in [0.717, 1.165) is 12.8 Å². The minimum Gasteiger partial charge on any atom is -0.459 e. The highest BCUT2D eigenvalue weighted by molar-refractivity contribution is 6.03. The van der Waals surface area contributed by atoms with Crippen LogP contribution < -0.4 is 0 Å². The number of aliphatic hydroxyl groups is 1. The predicted octanol–water partition coefficient (Wildman–Crippen LogP) is 2.73. The zero-order chi connectivity index (χ0) is 16.0. The number of rotatable bonds is 0. The standard InChI is InChI=1S/C17H24O4/c1-12-6-5-7-13(2)15(18)8-10-17(4,20)11-9-16(19)21-14(12)3/h7-12,14,20H,5-6H2,1-4H3/t12-,14+,17+/m0/s1. The van der Waals surface area contributed by atoms with Gasteiger partial charge in [-0.25, -0.2) is 4.79 Å². The molecule has 0 fully saturated rings. The molecule has 0 saturated heterocycles. The number of cyclic esters (lactones) is 1. The van der Waals surface area contributed by atoms with Crippen LogP contribution in [-0.4, -0.2) is 28.6 Å². The van der Waals surface area contributed by atoms with Crippen LogP contribution in [-0.2, 0) is 14.3 Å². The summed E-state index contributed by atoms with van der Waals surface area (Å²) in [7, 11) is 0. The Morgan fingerprint density at radius 2 is 1.86 bits per heavy atom. The van der Waals surface area contributed by atoms with Crippen molar-refractivity contribution in [3.05, 3.63) is 36.0 Å². The lowest BCUT2D eigenvalue weighted by atomic mass is 9.98. The molecular weight excluding hydrogens is 268 g/mol. The molecule has 0 unspecified atom stereocenters. The van der Waals surface area contributed by atoms with E-state index >= 15 is 0 Å². The molecule has 0 aliphatic carbocycles. The summed E-state index contributed by atoms with van der Waals surface area (Å²) in [4.78, 5) is 23.6. The zero-order valence-electron chi connectivity index (χ0n) is 13.1. The molecule has 1 aliphatic rings. The Morgan fingerprint density at radius 1 is 1.24 bits per heavy atom. The molecule has 4 heteroatoms. The quantitative estimate of drug-likeness (QED) is 0.697. The summed E-state index contributed by atoms with van der Waals surface area (Å²) < 4.78 is 5.30. The molecule has 3 atom stereocenters. The first-order valence-electron chi connectivity index (χ1n) is 7.24. The van der Waals surface area contributed by atoms with Crippen molar-refractivity contribution < 1.29 is 19.4 Å². The topological polar surface area (TPSA) is 63.6 Å². The number of ketones is 1. The van der Waals surface area contributed by atoms with Gasteiger partial charge in [-0.3, -0.25) is 4.79 Å². The third-order valence-corrected chi connectivity index (χ3v) is 3.69. The Labute approximate surface area is 126 Å². The van der Waals surface area contributed by atoms with E-state index in [0.29, 0.717) is 5.57 Å². The molecule has 0 spiro atoms. The molecule has 1 aliphatic heterocycles. The van der Waals surface area contributed by atoms with Crippen molar-refractivity contribution in [2.75, 3.05) is 0 Å². The number of esters is 1. The van der Waals surface area contributed by atoms with Gasteiger partial charge in [0.25, 0.3) is 0 Å². The summed E-state index contributed by atoms with van der Waals surface area (Å²) in [5.74, 6) is -0.428. The van der Waals surface area contributed by atoms with Crippen LogP contribution in [0.2, 0.25) is 0 Å². The van der Waals surface area contributed by atoms with Crippen molar-refractivity contribution in [2.24, 2.45) is 5.92 Å². The smallest absolute Gasteiger partial charge is 0.330 e. The Morgan fingerprint density at radius 3 is 2.52 bits per heavy atom. The molecule has 0 amide bonds. The van der Waals surface area contributed by atoms with Gasteiger partial charge in [-0.15, -0.1) is 0 Å². The van der Waals surface area contributed by atoms with E-state index in [1.54, 1.807) is 6.92 Å². The van der Waals surface area contributed by atoms with E-state index in [4.69, 9.17) is 4.74 Å². The van der Waals surface area contributed by atoms with E-state index in [2.05, 4.69) is 0 Å². The average Bonchev–Trinajstić information content (AvgIpc) is 2.41. The second-order valence-electron chi connectivity index (χ2n) is 5.84. The van der Waals surface area contributed by atoms with Gasteiger partial charge >= 0.3 is 5.97 Å². The first-order chi connectivity index (χ1) is 9.71. The van der Waals surface area contributed by atoms with Crippen molar-refractivity contribution in [3.63, 3.8) is 0 Å². The molecule has 1 heterocycles. The molecule has 1 rings (SSSR count). The molecule has 0 bridgehead atoms. The van der Waals surface area contributed by atoms with Crippen LogP contribution in [0.5, 0.6) is 0 Å². The van der Waals surface area contributed by atoms with Gasteiger partial charge in [-0.05, 0) is 63.3 Å². The molecule has 1 N–H and O–H groups in total. The predicted molar refractivity (Wildman–Crippen MR) is 81.6 cm³/mol. The lowest BCUT2D eigenvalue weighted by Crippen LogP contribution is -2.23. The van der Waals surface area contributed by atoms with Gasteiger partial charge in [-0.2, -0.15) is 0 Å². The highest BCUT2D eigenvalue weighted by Crippen LogP contribution is 2.17. The molecule has 0 saturated carbocycles. The Bertz CT molecular complexity index is 483. The van der Waals surface area contributed by atoms with Crippen molar-refractivity contribution in [2.45, 2.75) is 52.2 Å². The van der Waals surface area contributed by atoms with Gasteiger partial charge in [0.05, 0.1) is 5.60 Å². The minimum absolute atomic E-state index is 0.135. The molecule has 0 aromatic heterocycles. The number of hydrogen-bond donors (Lipinski definition) is 1. The lowest BCUT2D eigenvalue weighted by molar-refractivity contribution is -0.144. The van der Waals surface area contributed by atoms with Gasteiger partial charge in [0.2, 0.25) is 0 Å². The maximum Gasteiger partial charge on any atom is 0.330 e. The van der Waals surface area contributed by atoms with Crippen molar-refractivity contribution in [1.82, 2.24) is 0 Å².